The van der Waals surface area contributed by atoms with Crippen molar-refractivity contribution in [2.75, 3.05) is 0 Å². The smallest absolute Gasteiger partial charge is 0.0610 e. The maximum atomic E-state index is 4.13. The molecule has 0 saturated heterocycles. The molecule has 2 fully saturated rings. The number of fused-ring (bicyclic) bond motifs is 1. The van der Waals surface area contributed by atoms with E-state index in [-0.39, 0.29) is 0 Å². The first-order valence-electron chi connectivity index (χ1n) is 14.2. The Morgan fingerprint density at radius 1 is 0.429 bits per heavy atom. The van der Waals surface area contributed by atoms with Crippen molar-refractivity contribution in [1.82, 2.24) is 0 Å². The SMILES string of the molecule is Brc1c(C2CCCCCCC(Br)CCC2)sc2c(Br)c(C3CCCCCCCCC(Br)CC3)sc12. The normalized spacial score (nSPS) is 29.3. The van der Waals surface area contributed by atoms with E-state index in [2.05, 4.69) is 86.4 Å². The highest BCUT2D eigenvalue weighted by atomic mass is 79.9. The predicted octanol–water partition coefficient (Wildman–Crippen LogP) is 13.6. The summed E-state index contributed by atoms with van der Waals surface area (Å²) < 4.78 is 5.88. The van der Waals surface area contributed by atoms with Crippen LogP contribution in [0, 0.1) is 0 Å². The largest absolute Gasteiger partial charge is 0.137 e. The fraction of sp³-hybridized carbons (Fsp3) is 0.793. The fourth-order valence-electron chi connectivity index (χ4n) is 6.08. The van der Waals surface area contributed by atoms with Crippen molar-refractivity contribution in [1.29, 1.82) is 0 Å². The van der Waals surface area contributed by atoms with Crippen molar-refractivity contribution in [3.63, 3.8) is 0 Å². The third-order valence-electron chi connectivity index (χ3n) is 8.24. The maximum Gasteiger partial charge on any atom is 0.0610 e. The molecule has 0 spiro atoms. The van der Waals surface area contributed by atoms with E-state index in [1.165, 1.54) is 140 Å². The van der Waals surface area contributed by atoms with Crippen molar-refractivity contribution in [2.45, 2.75) is 143 Å². The minimum Gasteiger partial charge on any atom is -0.137 e. The zero-order valence-corrected chi connectivity index (χ0v) is 29.0. The molecular weight excluding hydrogens is 732 g/mol. The van der Waals surface area contributed by atoms with Gasteiger partial charge in [-0.2, -0.15) is 0 Å². The van der Waals surface area contributed by atoms with Crippen LogP contribution >= 0.6 is 86.4 Å². The van der Waals surface area contributed by atoms with Gasteiger partial charge in [0, 0.05) is 28.4 Å². The lowest BCUT2D eigenvalue weighted by molar-refractivity contribution is 0.477. The van der Waals surface area contributed by atoms with Gasteiger partial charge in [0.15, 0.2) is 0 Å². The minimum absolute atomic E-state index is 0.693. The third-order valence-corrected chi connectivity index (χ3v) is 15.6. The Balaban J connectivity index is 1.53. The molecule has 2 saturated carbocycles. The molecule has 2 aromatic heterocycles. The van der Waals surface area contributed by atoms with Gasteiger partial charge in [-0.25, -0.2) is 0 Å². The van der Waals surface area contributed by atoms with E-state index in [0.29, 0.717) is 10.7 Å². The van der Waals surface area contributed by atoms with E-state index in [9.17, 15) is 0 Å². The third kappa shape index (κ3) is 8.53. The molecule has 2 aliphatic carbocycles. The number of halogens is 4. The zero-order valence-electron chi connectivity index (χ0n) is 21.1. The van der Waals surface area contributed by atoms with E-state index in [4.69, 9.17) is 0 Å². The molecule has 4 unspecified atom stereocenters. The summed E-state index contributed by atoms with van der Waals surface area (Å²) in [6, 6.07) is 0. The number of hydrogen-bond acceptors (Lipinski definition) is 2. The Morgan fingerprint density at radius 3 is 1.34 bits per heavy atom. The van der Waals surface area contributed by atoms with Crippen molar-refractivity contribution in [3.8, 4) is 0 Å². The number of alkyl halides is 2. The highest BCUT2D eigenvalue weighted by Gasteiger charge is 2.27. The van der Waals surface area contributed by atoms with Gasteiger partial charge in [0.1, 0.15) is 0 Å². The first kappa shape index (κ1) is 29.6. The van der Waals surface area contributed by atoms with Crippen molar-refractivity contribution in [3.05, 3.63) is 18.7 Å². The van der Waals surface area contributed by atoms with E-state index < -0.39 is 0 Å². The molecule has 2 aliphatic rings. The molecule has 0 aliphatic heterocycles. The summed E-state index contributed by atoms with van der Waals surface area (Å²) in [6.07, 6.45) is 26.1. The molecule has 35 heavy (non-hydrogen) atoms. The van der Waals surface area contributed by atoms with Crippen molar-refractivity contribution in [2.24, 2.45) is 0 Å². The van der Waals surface area contributed by atoms with Crippen molar-refractivity contribution >= 4 is 95.8 Å². The fourth-order valence-corrected chi connectivity index (χ4v) is 12.4. The topological polar surface area (TPSA) is 0 Å². The van der Waals surface area contributed by atoms with Gasteiger partial charge in [-0.05, 0) is 95.1 Å². The quantitative estimate of drug-likeness (QED) is 0.267. The Labute approximate surface area is 255 Å². The van der Waals surface area contributed by atoms with Crippen LogP contribution < -0.4 is 0 Å². The van der Waals surface area contributed by atoms with Crippen LogP contribution in [0.4, 0.5) is 0 Å². The molecule has 0 aromatic carbocycles. The second-order valence-electron chi connectivity index (χ2n) is 11.0. The van der Waals surface area contributed by atoms with Gasteiger partial charge in [-0.3, -0.25) is 0 Å². The molecule has 0 nitrogen and oxygen atoms in total. The summed E-state index contributed by atoms with van der Waals surface area (Å²) in [5.41, 5.74) is 0. The molecule has 4 rings (SSSR count). The standard InChI is InChI=1S/C29H42Br4S2/c30-22-15-10-6-5-8-12-20(14-11-17-22)26-24(32)28-29(34-26)25(33)27(35-28)21-13-7-3-1-2-4-9-16-23(31)19-18-21/h20-23H,1-19H2. The van der Waals surface area contributed by atoms with Crippen LogP contribution in [0.2, 0.25) is 0 Å². The lowest BCUT2D eigenvalue weighted by Gasteiger charge is -2.20. The summed E-state index contributed by atoms with van der Waals surface area (Å²) >= 11 is 20.4. The van der Waals surface area contributed by atoms with Crippen LogP contribution in [0.3, 0.4) is 0 Å². The van der Waals surface area contributed by atoms with E-state index in [0.717, 1.165) is 10.7 Å². The first-order chi connectivity index (χ1) is 17.0. The highest BCUT2D eigenvalue weighted by molar-refractivity contribution is 9.11. The van der Waals surface area contributed by atoms with Crippen LogP contribution in [-0.2, 0) is 0 Å². The van der Waals surface area contributed by atoms with Gasteiger partial charge in [0.05, 0.1) is 9.40 Å². The van der Waals surface area contributed by atoms with Crippen LogP contribution in [0.25, 0.3) is 9.40 Å². The Bertz CT molecular complexity index is 904. The second-order valence-corrected chi connectivity index (χ2v) is 17.3. The predicted molar refractivity (Wildman–Crippen MR) is 174 cm³/mol. The average Bonchev–Trinajstić information content (AvgIpc) is 3.31. The minimum atomic E-state index is 0.693. The average molecular weight is 774 g/mol. The molecular formula is C29H42Br4S2. The van der Waals surface area contributed by atoms with E-state index in [1.54, 1.807) is 9.75 Å². The van der Waals surface area contributed by atoms with E-state index >= 15 is 0 Å². The van der Waals surface area contributed by atoms with E-state index in [1.807, 2.05) is 0 Å². The summed E-state index contributed by atoms with van der Waals surface area (Å²) in [4.78, 5) is 4.67. The summed E-state index contributed by atoms with van der Waals surface area (Å²) in [5, 5.41) is 0. The van der Waals surface area contributed by atoms with Gasteiger partial charge in [0.25, 0.3) is 0 Å². The molecule has 0 amide bonds. The van der Waals surface area contributed by atoms with Gasteiger partial charge in [-0.1, -0.05) is 102 Å². The first-order valence-corrected chi connectivity index (χ1v) is 19.3. The molecule has 2 aromatic rings. The number of thiophene rings is 2. The lowest BCUT2D eigenvalue weighted by atomic mass is 9.92. The van der Waals surface area contributed by atoms with Crippen molar-refractivity contribution < 1.29 is 0 Å². The maximum absolute atomic E-state index is 4.13. The molecule has 0 radical (unpaired) electrons. The van der Waals surface area contributed by atoms with Crippen LogP contribution in [-0.4, -0.2) is 9.65 Å². The second kappa shape index (κ2) is 15.4. The molecule has 198 valence electrons. The van der Waals surface area contributed by atoms with Crippen LogP contribution in [0.15, 0.2) is 8.95 Å². The highest BCUT2D eigenvalue weighted by Crippen LogP contribution is 2.53. The molecule has 2 heterocycles. The molecule has 4 atom stereocenters. The van der Waals surface area contributed by atoms with Gasteiger partial charge in [-0.15, -0.1) is 22.7 Å². The molecule has 0 bridgehead atoms. The number of rotatable bonds is 2. The summed E-state index contributed by atoms with van der Waals surface area (Å²) in [6.45, 7) is 0. The van der Waals surface area contributed by atoms with Gasteiger partial charge >= 0.3 is 0 Å². The lowest BCUT2D eigenvalue weighted by Crippen LogP contribution is -2.05. The van der Waals surface area contributed by atoms with Gasteiger partial charge in [0.2, 0.25) is 0 Å². The Hall–Kier alpha value is 1.58. The zero-order chi connectivity index (χ0) is 24.6. The van der Waals surface area contributed by atoms with Crippen LogP contribution in [0.1, 0.15) is 144 Å². The van der Waals surface area contributed by atoms with Crippen LogP contribution in [0.5, 0.6) is 0 Å². The summed E-state index contributed by atoms with van der Waals surface area (Å²) in [7, 11) is 0. The monoisotopic (exact) mass is 770 g/mol. The molecule has 6 heteroatoms. The Kier molecular flexibility index (Phi) is 13.0. The molecule has 0 N–H and O–H groups in total. The van der Waals surface area contributed by atoms with Gasteiger partial charge < -0.3 is 0 Å². The Morgan fingerprint density at radius 2 is 0.800 bits per heavy atom. The number of hydrogen-bond donors (Lipinski definition) is 0. The summed E-state index contributed by atoms with van der Waals surface area (Å²) in [5.74, 6) is 1.43.